The lowest BCUT2D eigenvalue weighted by Gasteiger charge is -2.14. The topological polar surface area (TPSA) is 109 Å². The lowest BCUT2D eigenvalue weighted by molar-refractivity contribution is -0.121. The molecule has 0 bridgehead atoms. The molecule has 9 nitrogen and oxygen atoms in total. The highest BCUT2D eigenvalue weighted by molar-refractivity contribution is 5.96. The first-order valence-corrected chi connectivity index (χ1v) is 12.8. The van der Waals surface area contributed by atoms with Gasteiger partial charge in [-0.3, -0.25) is 23.5 Å². The van der Waals surface area contributed by atoms with Gasteiger partial charge in [-0.1, -0.05) is 18.2 Å². The number of hydrogen-bond donors (Lipinski definition) is 1. The largest absolute Gasteiger partial charge is 0.493 e. The van der Waals surface area contributed by atoms with Crippen LogP contribution in [0.4, 0.5) is 4.39 Å². The molecule has 4 rings (SSSR count). The Morgan fingerprint density at radius 2 is 1.62 bits per heavy atom. The molecule has 0 saturated heterocycles. The molecule has 0 spiro atoms. The maximum atomic E-state index is 13.3. The number of aromatic nitrogens is 2. The van der Waals surface area contributed by atoms with Crippen molar-refractivity contribution in [2.45, 2.75) is 32.4 Å². The summed E-state index contributed by atoms with van der Waals surface area (Å²) in [6, 6.07) is 17.1. The molecule has 0 saturated carbocycles. The van der Waals surface area contributed by atoms with Crippen LogP contribution in [0.2, 0.25) is 0 Å². The van der Waals surface area contributed by atoms with Crippen LogP contribution in [-0.2, 0) is 24.3 Å². The minimum Gasteiger partial charge on any atom is -0.493 e. The van der Waals surface area contributed by atoms with Gasteiger partial charge in [0, 0.05) is 25.1 Å². The molecular formula is C30H30FN3O6. The monoisotopic (exact) mass is 547 g/mol. The number of hydrogen-bond acceptors (Lipinski definition) is 6. The molecule has 1 N–H and O–H groups in total. The van der Waals surface area contributed by atoms with Crippen molar-refractivity contribution >= 4 is 22.6 Å². The third-order valence-corrected chi connectivity index (χ3v) is 6.57. The van der Waals surface area contributed by atoms with E-state index in [-0.39, 0.29) is 42.8 Å². The first-order valence-electron chi connectivity index (χ1n) is 12.8. The maximum Gasteiger partial charge on any atom is 0.331 e. The first kappa shape index (κ1) is 28.3. The van der Waals surface area contributed by atoms with Crippen LogP contribution in [-0.4, -0.2) is 41.6 Å². The number of rotatable bonds is 12. The molecular weight excluding hydrogens is 517 g/mol. The van der Waals surface area contributed by atoms with E-state index in [4.69, 9.17) is 9.47 Å². The summed E-state index contributed by atoms with van der Waals surface area (Å²) in [6.07, 6.45) is 0.948. The molecule has 10 heteroatoms. The van der Waals surface area contributed by atoms with Crippen LogP contribution in [0.3, 0.4) is 0 Å². The van der Waals surface area contributed by atoms with Crippen molar-refractivity contribution in [3.8, 4) is 11.5 Å². The fourth-order valence-electron chi connectivity index (χ4n) is 4.46. The highest BCUT2D eigenvalue weighted by Crippen LogP contribution is 2.27. The summed E-state index contributed by atoms with van der Waals surface area (Å²) in [5, 5.41) is 3.13. The van der Waals surface area contributed by atoms with E-state index in [2.05, 4.69) is 5.32 Å². The smallest absolute Gasteiger partial charge is 0.331 e. The summed E-state index contributed by atoms with van der Waals surface area (Å²) in [5.41, 5.74) is 0.418. The number of amides is 1. The first-order chi connectivity index (χ1) is 19.3. The van der Waals surface area contributed by atoms with Gasteiger partial charge < -0.3 is 14.8 Å². The van der Waals surface area contributed by atoms with Crippen molar-refractivity contribution in [2.24, 2.45) is 0 Å². The van der Waals surface area contributed by atoms with Gasteiger partial charge in [0.1, 0.15) is 5.82 Å². The van der Waals surface area contributed by atoms with Crippen LogP contribution < -0.4 is 26.0 Å². The van der Waals surface area contributed by atoms with E-state index in [1.165, 1.54) is 28.8 Å². The molecule has 0 unspecified atom stereocenters. The zero-order valence-corrected chi connectivity index (χ0v) is 22.3. The molecule has 0 atom stereocenters. The highest BCUT2D eigenvalue weighted by atomic mass is 19.1. The Hall–Kier alpha value is -4.73. The second-order valence-electron chi connectivity index (χ2n) is 9.17. The second kappa shape index (κ2) is 12.9. The summed E-state index contributed by atoms with van der Waals surface area (Å²) in [5.74, 6) is 0.153. The van der Waals surface area contributed by atoms with Crippen LogP contribution in [0.25, 0.3) is 10.9 Å². The third-order valence-electron chi connectivity index (χ3n) is 6.57. The Morgan fingerprint density at radius 1 is 0.900 bits per heavy atom. The summed E-state index contributed by atoms with van der Waals surface area (Å²) < 4.78 is 26.1. The number of carbonyl (C=O) groups is 2. The Balaban J connectivity index is 1.42. The van der Waals surface area contributed by atoms with Crippen molar-refractivity contribution in [2.75, 3.05) is 20.8 Å². The number of methoxy groups -OCH3 is 2. The maximum absolute atomic E-state index is 13.3. The number of carbonyl (C=O) groups excluding carboxylic acids is 2. The van der Waals surface area contributed by atoms with Gasteiger partial charge in [-0.15, -0.1) is 0 Å². The van der Waals surface area contributed by atoms with Crippen LogP contribution in [0.5, 0.6) is 11.5 Å². The van der Waals surface area contributed by atoms with E-state index >= 15 is 0 Å². The number of nitrogens with zero attached hydrogens (tertiary/aromatic N) is 2. The predicted molar refractivity (Wildman–Crippen MR) is 149 cm³/mol. The van der Waals surface area contributed by atoms with Crippen LogP contribution in [0.15, 0.2) is 76.3 Å². The molecule has 208 valence electrons. The van der Waals surface area contributed by atoms with Gasteiger partial charge in [-0.05, 0) is 66.9 Å². The number of ketones is 1. The van der Waals surface area contributed by atoms with Crippen LogP contribution in [0, 0.1) is 5.82 Å². The minimum absolute atomic E-state index is 0.0103. The lowest BCUT2D eigenvalue weighted by Crippen LogP contribution is -2.41. The van der Waals surface area contributed by atoms with E-state index in [0.29, 0.717) is 30.0 Å². The van der Waals surface area contributed by atoms with Crippen molar-refractivity contribution in [1.29, 1.82) is 0 Å². The fraction of sp³-hybridized carbons (Fsp3) is 0.267. The van der Waals surface area contributed by atoms with E-state index < -0.39 is 22.8 Å². The quantitative estimate of drug-likeness (QED) is 0.273. The van der Waals surface area contributed by atoms with E-state index in [1.54, 1.807) is 44.6 Å². The molecule has 0 aliphatic rings. The van der Waals surface area contributed by atoms with Gasteiger partial charge >= 0.3 is 5.69 Å². The number of benzene rings is 3. The van der Waals surface area contributed by atoms with Gasteiger partial charge in [0.25, 0.3) is 5.56 Å². The second-order valence-corrected chi connectivity index (χ2v) is 9.17. The van der Waals surface area contributed by atoms with Crippen molar-refractivity contribution in [3.05, 3.63) is 105 Å². The number of fused-ring (bicyclic) bond motifs is 1. The van der Waals surface area contributed by atoms with E-state index in [0.717, 1.165) is 10.1 Å². The van der Waals surface area contributed by atoms with Crippen LogP contribution in [0.1, 0.15) is 28.8 Å². The summed E-state index contributed by atoms with van der Waals surface area (Å²) >= 11 is 0. The van der Waals surface area contributed by atoms with E-state index in [1.807, 2.05) is 12.1 Å². The number of halogens is 1. The Kier molecular flexibility index (Phi) is 9.11. The lowest BCUT2D eigenvalue weighted by atomic mass is 10.1. The normalized spacial score (nSPS) is 10.9. The third kappa shape index (κ3) is 6.45. The number of para-hydroxylation sites is 1. The van der Waals surface area contributed by atoms with Gasteiger partial charge in [-0.2, -0.15) is 0 Å². The molecule has 1 amide bonds. The van der Waals surface area contributed by atoms with Gasteiger partial charge in [0.2, 0.25) is 5.91 Å². The SMILES string of the molecule is COc1ccc(CCNC(=O)CCCn2c(=O)c3ccccc3n(CC(=O)c3ccc(F)cc3)c2=O)cc1OC. The molecule has 1 aromatic heterocycles. The minimum atomic E-state index is -0.645. The predicted octanol–water partition coefficient (Wildman–Crippen LogP) is 3.34. The average molecular weight is 548 g/mol. The van der Waals surface area contributed by atoms with Gasteiger partial charge in [0.15, 0.2) is 17.3 Å². The molecule has 40 heavy (non-hydrogen) atoms. The highest BCUT2D eigenvalue weighted by Gasteiger charge is 2.16. The number of Topliss-reactive ketones (excluding diaryl/α,β-unsaturated/α-hetero) is 1. The zero-order valence-electron chi connectivity index (χ0n) is 22.3. The molecule has 3 aromatic carbocycles. The Labute approximate surface area is 229 Å². The molecule has 0 fully saturated rings. The fourth-order valence-corrected chi connectivity index (χ4v) is 4.46. The molecule has 0 aliphatic heterocycles. The molecule has 0 aliphatic carbocycles. The summed E-state index contributed by atoms with van der Waals surface area (Å²) in [7, 11) is 3.12. The molecule has 1 heterocycles. The standard InChI is InChI=1S/C30H30FN3O6/c1-39-26-14-9-20(18-27(26)40-2)15-16-32-28(36)8-5-17-33-29(37)23-6-3-4-7-24(23)34(30(33)38)19-25(35)21-10-12-22(31)13-11-21/h3-4,6-7,9-14,18H,5,8,15-17,19H2,1-2H3,(H,32,36). The van der Waals surface area contributed by atoms with Crippen molar-refractivity contribution in [1.82, 2.24) is 14.5 Å². The number of ether oxygens (including phenoxy) is 2. The molecule has 0 radical (unpaired) electrons. The van der Waals surface area contributed by atoms with Crippen molar-refractivity contribution < 1.29 is 23.5 Å². The van der Waals surface area contributed by atoms with Gasteiger partial charge in [0.05, 0.1) is 31.7 Å². The molecule has 4 aromatic rings. The Bertz CT molecular complexity index is 1640. The van der Waals surface area contributed by atoms with E-state index in [9.17, 15) is 23.6 Å². The van der Waals surface area contributed by atoms with Crippen LogP contribution >= 0.6 is 0 Å². The van der Waals surface area contributed by atoms with Gasteiger partial charge in [-0.25, -0.2) is 9.18 Å². The number of nitrogens with one attached hydrogen (secondary N) is 1. The van der Waals surface area contributed by atoms with Crippen molar-refractivity contribution in [3.63, 3.8) is 0 Å². The zero-order chi connectivity index (χ0) is 28.6. The average Bonchev–Trinajstić information content (AvgIpc) is 2.97. The summed E-state index contributed by atoms with van der Waals surface area (Å²) in [4.78, 5) is 51.7. The summed E-state index contributed by atoms with van der Waals surface area (Å²) in [6.45, 7) is 0.0980. The Morgan fingerprint density at radius 3 is 2.35 bits per heavy atom.